The van der Waals surface area contributed by atoms with Crippen molar-refractivity contribution in [3.05, 3.63) is 51.7 Å². The van der Waals surface area contributed by atoms with E-state index >= 15 is 0 Å². The molecule has 130 valence electrons. The number of benzene rings is 1. The molecule has 3 rings (SSSR count). The average Bonchev–Trinajstić information content (AvgIpc) is 3.24. The monoisotopic (exact) mass is 392 g/mol. The van der Waals surface area contributed by atoms with Crippen molar-refractivity contribution < 1.29 is 4.79 Å². The highest BCUT2D eigenvalue weighted by Crippen LogP contribution is 2.28. The second-order valence-corrected chi connectivity index (χ2v) is 7.77. The number of nitrogens with zero attached hydrogens (tertiary/aromatic N) is 3. The van der Waals surface area contributed by atoms with E-state index in [2.05, 4.69) is 15.5 Å². The lowest BCUT2D eigenvalue weighted by atomic mass is 10.2. The van der Waals surface area contributed by atoms with Gasteiger partial charge in [0.25, 0.3) is 0 Å². The molecule has 2 aromatic heterocycles. The molecule has 0 aliphatic carbocycles. The SMILES string of the molecule is C[C@@H](NC(=O)CSc1nnc(-c2ccccc2Cl)n1C)c1cccs1. The zero-order chi connectivity index (χ0) is 17.8. The van der Waals surface area contributed by atoms with Gasteiger partial charge < -0.3 is 9.88 Å². The maximum absolute atomic E-state index is 12.2. The van der Waals surface area contributed by atoms with Crippen LogP contribution in [0.15, 0.2) is 46.9 Å². The van der Waals surface area contributed by atoms with E-state index in [1.54, 1.807) is 11.3 Å². The zero-order valence-electron chi connectivity index (χ0n) is 13.8. The van der Waals surface area contributed by atoms with Gasteiger partial charge in [-0.15, -0.1) is 21.5 Å². The second kappa shape index (κ2) is 8.03. The van der Waals surface area contributed by atoms with Gasteiger partial charge in [0.1, 0.15) is 0 Å². The third kappa shape index (κ3) is 4.23. The first-order chi connectivity index (χ1) is 12.1. The van der Waals surface area contributed by atoms with E-state index in [-0.39, 0.29) is 17.7 Å². The highest BCUT2D eigenvalue weighted by atomic mass is 35.5. The predicted molar refractivity (Wildman–Crippen MR) is 103 cm³/mol. The van der Waals surface area contributed by atoms with Crippen molar-refractivity contribution in [1.82, 2.24) is 20.1 Å². The molecular formula is C17H17ClN4OS2. The molecule has 1 amide bonds. The van der Waals surface area contributed by atoms with Crippen LogP contribution >= 0.6 is 34.7 Å². The molecule has 0 fully saturated rings. The molecule has 0 radical (unpaired) electrons. The molecule has 0 aliphatic rings. The van der Waals surface area contributed by atoms with E-state index in [0.29, 0.717) is 16.0 Å². The van der Waals surface area contributed by atoms with Gasteiger partial charge in [0.05, 0.1) is 16.8 Å². The molecule has 25 heavy (non-hydrogen) atoms. The Hall–Kier alpha value is -1.83. The summed E-state index contributed by atoms with van der Waals surface area (Å²) in [6.07, 6.45) is 0. The normalized spacial score (nSPS) is 12.1. The van der Waals surface area contributed by atoms with Crippen molar-refractivity contribution in [2.45, 2.75) is 18.1 Å². The first-order valence-electron chi connectivity index (χ1n) is 7.66. The maximum atomic E-state index is 12.2. The molecule has 0 bridgehead atoms. The molecule has 5 nitrogen and oxygen atoms in total. The summed E-state index contributed by atoms with van der Waals surface area (Å²) in [7, 11) is 1.87. The lowest BCUT2D eigenvalue weighted by molar-refractivity contribution is -0.119. The number of carbonyl (C=O) groups excluding carboxylic acids is 1. The molecule has 1 N–H and O–H groups in total. The molecule has 0 aliphatic heterocycles. The highest BCUT2D eigenvalue weighted by Gasteiger charge is 2.16. The zero-order valence-corrected chi connectivity index (χ0v) is 16.2. The van der Waals surface area contributed by atoms with E-state index < -0.39 is 0 Å². The van der Waals surface area contributed by atoms with E-state index in [4.69, 9.17) is 11.6 Å². The lowest BCUT2D eigenvalue weighted by Gasteiger charge is -2.11. The lowest BCUT2D eigenvalue weighted by Crippen LogP contribution is -2.27. The van der Waals surface area contributed by atoms with E-state index in [1.807, 2.05) is 60.3 Å². The van der Waals surface area contributed by atoms with Crippen molar-refractivity contribution in [1.29, 1.82) is 0 Å². The summed E-state index contributed by atoms with van der Waals surface area (Å²) < 4.78 is 1.85. The topological polar surface area (TPSA) is 59.8 Å². The van der Waals surface area contributed by atoms with Crippen molar-refractivity contribution in [3.63, 3.8) is 0 Å². The summed E-state index contributed by atoms with van der Waals surface area (Å²) in [6, 6.07) is 11.5. The molecule has 0 spiro atoms. The summed E-state index contributed by atoms with van der Waals surface area (Å²) >= 11 is 9.21. The summed E-state index contributed by atoms with van der Waals surface area (Å²) in [5.74, 6) is 0.929. The van der Waals surface area contributed by atoms with Crippen LogP contribution in [0.1, 0.15) is 17.8 Å². The Bertz CT molecular complexity index is 863. The second-order valence-electron chi connectivity index (χ2n) is 5.44. The molecule has 2 heterocycles. The van der Waals surface area contributed by atoms with E-state index in [9.17, 15) is 4.79 Å². The number of hydrogen-bond donors (Lipinski definition) is 1. The molecule has 0 saturated carbocycles. The van der Waals surface area contributed by atoms with Crippen LogP contribution in [0, 0.1) is 0 Å². The Morgan fingerprint density at radius 2 is 2.12 bits per heavy atom. The average molecular weight is 393 g/mol. The van der Waals surface area contributed by atoms with E-state index in [0.717, 1.165) is 10.4 Å². The van der Waals surface area contributed by atoms with Gasteiger partial charge in [-0.05, 0) is 30.5 Å². The number of hydrogen-bond acceptors (Lipinski definition) is 5. The molecule has 3 aromatic rings. The fourth-order valence-corrected chi connectivity index (χ4v) is 4.02. The number of aromatic nitrogens is 3. The summed E-state index contributed by atoms with van der Waals surface area (Å²) in [5, 5.41) is 14.7. The van der Waals surface area contributed by atoms with Gasteiger partial charge in [0.15, 0.2) is 11.0 Å². The minimum absolute atomic E-state index is 0.00582. The first-order valence-corrected chi connectivity index (χ1v) is 9.90. The Morgan fingerprint density at radius 1 is 1.32 bits per heavy atom. The Morgan fingerprint density at radius 3 is 2.84 bits per heavy atom. The van der Waals surface area contributed by atoms with Crippen LogP contribution in [0.25, 0.3) is 11.4 Å². The van der Waals surface area contributed by atoms with Gasteiger partial charge in [0, 0.05) is 17.5 Å². The smallest absolute Gasteiger partial charge is 0.230 e. The van der Waals surface area contributed by atoms with Gasteiger partial charge in [0.2, 0.25) is 5.91 Å². The van der Waals surface area contributed by atoms with Crippen LogP contribution < -0.4 is 5.32 Å². The number of amides is 1. The quantitative estimate of drug-likeness (QED) is 0.639. The van der Waals surface area contributed by atoms with Crippen molar-refractivity contribution in [2.24, 2.45) is 7.05 Å². The van der Waals surface area contributed by atoms with Crippen LogP contribution in [0.4, 0.5) is 0 Å². The first kappa shape index (κ1) is 18.0. The standard InChI is InChI=1S/C17H17ClN4OS2/c1-11(14-8-5-9-24-14)19-15(23)10-25-17-21-20-16(22(17)2)12-6-3-4-7-13(12)18/h3-9,11H,10H2,1-2H3,(H,19,23)/t11-/m1/s1. The molecule has 0 saturated heterocycles. The van der Waals surface area contributed by atoms with Gasteiger partial charge in [-0.2, -0.15) is 0 Å². The fourth-order valence-electron chi connectivity index (χ4n) is 2.34. The number of nitrogens with one attached hydrogen (secondary N) is 1. The van der Waals surface area contributed by atoms with Crippen LogP contribution in [-0.2, 0) is 11.8 Å². The third-order valence-corrected chi connectivity index (χ3v) is 6.03. The molecule has 1 atom stereocenters. The molecule has 8 heteroatoms. The number of carbonyl (C=O) groups is 1. The number of thiophene rings is 1. The summed E-state index contributed by atoms with van der Waals surface area (Å²) in [5.41, 5.74) is 0.821. The third-order valence-electron chi connectivity index (χ3n) is 3.63. The predicted octanol–water partition coefficient (Wildman–Crippen LogP) is 4.17. The summed E-state index contributed by atoms with van der Waals surface area (Å²) in [6.45, 7) is 1.98. The minimum atomic E-state index is -0.0341. The number of thioether (sulfide) groups is 1. The van der Waals surface area contributed by atoms with Crippen molar-refractivity contribution in [3.8, 4) is 11.4 Å². The highest BCUT2D eigenvalue weighted by molar-refractivity contribution is 7.99. The molecule has 1 aromatic carbocycles. The van der Waals surface area contributed by atoms with Gasteiger partial charge >= 0.3 is 0 Å². The summed E-state index contributed by atoms with van der Waals surface area (Å²) in [4.78, 5) is 13.3. The van der Waals surface area contributed by atoms with Crippen LogP contribution in [0.3, 0.4) is 0 Å². The van der Waals surface area contributed by atoms with Gasteiger partial charge in [-0.3, -0.25) is 4.79 Å². The van der Waals surface area contributed by atoms with Crippen LogP contribution in [0.2, 0.25) is 5.02 Å². The van der Waals surface area contributed by atoms with Crippen LogP contribution in [-0.4, -0.2) is 26.4 Å². The van der Waals surface area contributed by atoms with Crippen LogP contribution in [0.5, 0.6) is 0 Å². The van der Waals surface area contributed by atoms with Gasteiger partial charge in [-0.1, -0.05) is 41.6 Å². The Balaban J connectivity index is 1.62. The maximum Gasteiger partial charge on any atom is 0.230 e. The molecular weight excluding hydrogens is 376 g/mol. The van der Waals surface area contributed by atoms with Crippen molar-refractivity contribution in [2.75, 3.05) is 5.75 Å². The fraction of sp³-hybridized carbons (Fsp3) is 0.235. The number of halogens is 1. The van der Waals surface area contributed by atoms with Crippen molar-refractivity contribution >= 4 is 40.6 Å². The largest absolute Gasteiger partial charge is 0.348 e. The van der Waals surface area contributed by atoms with Gasteiger partial charge in [-0.25, -0.2) is 0 Å². The minimum Gasteiger partial charge on any atom is -0.348 e. The Labute approximate surface area is 159 Å². The molecule has 0 unspecified atom stereocenters. The van der Waals surface area contributed by atoms with E-state index in [1.165, 1.54) is 11.8 Å². The number of rotatable bonds is 6. The Kier molecular flexibility index (Phi) is 5.78.